The highest BCUT2D eigenvalue weighted by Crippen LogP contribution is 2.38. The van der Waals surface area contributed by atoms with Gasteiger partial charge in [0.2, 0.25) is 0 Å². The molecule has 0 spiro atoms. The fourth-order valence-electron chi connectivity index (χ4n) is 3.69. The molecule has 2 aromatic carbocycles. The zero-order chi connectivity index (χ0) is 31.0. The van der Waals surface area contributed by atoms with E-state index in [4.69, 9.17) is 14.3 Å². The molecule has 34 heavy (non-hydrogen) atoms. The SMILES string of the molecule is [2H]C([2H])([2H])C([2H])(n1c(/C=C/C(O)CC(=O)CC(=O)OC(C)(C)C)c(-c2ccc(F)cc2)c2ccccc21)C([2H])([2H])[2H]. The minimum atomic E-state index is -3.34. The van der Waals surface area contributed by atoms with Crippen LogP contribution in [0.5, 0.6) is 0 Å². The molecule has 3 aromatic rings. The monoisotopic (exact) mass is 472 g/mol. The average Bonchev–Trinajstić information content (AvgIpc) is 3.14. The van der Waals surface area contributed by atoms with Crippen molar-refractivity contribution in [1.29, 1.82) is 0 Å². The summed E-state index contributed by atoms with van der Waals surface area (Å²) in [7, 11) is 0. The number of hydrogen-bond donors (Lipinski definition) is 1. The number of Topliss-reactive ketones (excluding diaryl/α,β-unsaturated/α-hetero) is 1. The van der Waals surface area contributed by atoms with Crippen molar-refractivity contribution < 1.29 is 33.4 Å². The largest absolute Gasteiger partial charge is 0.460 e. The summed E-state index contributed by atoms with van der Waals surface area (Å²) in [5, 5.41) is 11.0. The van der Waals surface area contributed by atoms with Gasteiger partial charge in [0.05, 0.1) is 7.47 Å². The maximum Gasteiger partial charge on any atom is 0.313 e. The van der Waals surface area contributed by atoms with Crippen LogP contribution in [0.3, 0.4) is 0 Å². The number of esters is 1. The Labute approximate surface area is 209 Å². The highest BCUT2D eigenvalue weighted by Gasteiger charge is 2.21. The molecule has 0 radical (unpaired) electrons. The number of hydrogen-bond acceptors (Lipinski definition) is 4. The lowest BCUT2D eigenvalue weighted by Crippen LogP contribution is -2.26. The summed E-state index contributed by atoms with van der Waals surface area (Å²) in [6, 6.07) is 8.34. The van der Waals surface area contributed by atoms with E-state index in [2.05, 4.69) is 0 Å². The van der Waals surface area contributed by atoms with Gasteiger partial charge in [-0.3, -0.25) is 9.59 Å². The van der Waals surface area contributed by atoms with Crippen molar-refractivity contribution in [1.82, 2.24) is 4.57 Å². The van der Waals surface area contributed by atoms with Crippen LogP contribution in [0.25, 0.3) is 28.1 Å². The Morgan fingerprint density at radius 2 is 1.85 bits per heavy atom. The molecule has 3 rings (SSSR count). The predicted octanol–water partition coefficient (Wildman–Crippen LogP) is 6.09. The van der Waals surface area contributed by atoms with Gasteiger partial charge in [-0.25, -0.2) is 4.39 Å². The molecule has 1 heterocycles. The van der Waals surface area contributed by atoms with Gasteiger partial charge in [-0.15, -0.1) is 0 Å². The van der Waals surface area contributed by atoms with Crippen molar-refractivity contribution >= 4 is 28.7 Å². The first kappa shape index (κ1) is 17.2. The fraction of sp³-hybridized carbons (Fsp3) is 0.357. The Hall–Kier alpha value is -3.25. The number of nitrogens with zero attached hydrogens (tertiary/aromatic N) is 1. The molecule has 0 aliphatic heterocycles. The van der Waals surface area contributed by atoms with Crippen LogP contribution in [0.2, 0.25) is 0 Å². The molecule has 0 amide bonds. The van der Waals surface area contributed by atoms with Crippen LogP contribution in [0.15, 0.2) is 54.6 Å². The molecular formula is C28H32FNO4. The second-order valence-corrected chi connectivity index (χ2v) is 8.90. The molecule has 0 fully saturated rings. The lowest BCUT2D eigenvalue weighted by molar-refractivity contribution is -0.156. The van der Waals surface area contributed by atoms with E-state index >= 15 is 0 Å². The first-order valence-electron chi connectivity index (χ1n) is 14.3. The number of aliphatic hydroxyl groups excluding tert-OH is 1. The Morgan fingerprint density at radius 3 is 2.50 bits per heavy atom. The number of halogens is 1. The van der Waals surface area contributed by atoms with Crippen molar-refractivity contribution in [2.24, 2.45) is 0 Å². The molecule has 0 aliphatic rings. The van der Waals surface area contributed by atoms with Crippen LogP contribution in [0.4, 0.5) is 4.39 Å². The van der Waals surface area contributed by atoms with Crippen molar-refractivity contribution in [3.05, 3.63) is 66.1 Å². The number of para-hydroxylation sites is 1. The molecule has 6 heteroatoms. The number of carbonyl (C=O) groups is 2. The Balaban J connectivity index is 2.19. The minimum absolute atomic E-state index is 0.0568. The van der Waals surface area contributed by atoms with Crippen LogP contribution < -0.4 is 0 Å². The van der Waals surface area contributed by atoms with E-state index < -0.39 is 61.8 Å². The van der Waals surface area contributed by atoms with Gasteiger partial charge >= 0.3 is 5.97 Å². The molecule has 5 nitrogen and oxygen atoms in total. The summed E-state index contributed by atoms with van der Waals surface area (Å²) in [6.45, 7) is -1.74. The maximum atomic E-state index is 13.8. The minimum Gasteiger partial charge on any atom is -0.460 e. The van der Waals surface area contributed by atoms with Crippen LogP contribution in [-0.4, -0.2) is 33.1 Å². The first-order chi connectivity index (χ1) is 18.8. The quantitative estimate of drug-likeness (QED) is 0.318. The Kier molecular flexibility index (Phi) is 5.24. The summed E-state index contributed by atoms with van der Waals surface area (Å²) < 4.78 is 77.2. The lowest BCUT2D eigenvalue weighted by Gasteiger charge is -2.19. The Bertz CT molecular complexity index is 1440. The maximum absolute atomic E-state index is 13.8. The topological polar surface area (TPSA) is 68.5 Å². The van der Waals surface area contributed by atoms with E-state index in [1.54, 1.807) is 39.0 Å². The zero-order valence-electron chi connectivity index (χ0n) is 26.3. The molecule has 1 atom stereocenters. The van der Waals surface area contributed by atoms with Crippen LogP contribution in [0.1, 0.15) is 68.6 Å². The van der Waals surface area contributed by atoms with E-state index in [9.17, 15) is 19.1 Å². The summed E-state index contributed by atoms with van der Waals surface area (Å²) in [5.41, 5.74) is -0.0407. The average molecular weight is 473 g/mol. The lowest BCUT2D eigenvalue weighted by atomic mass is 10.0. The van der Waals surface area contributed by atoms with Gasteiger partial charge < -0.3 is 14.4 Å². The molecule has 0 saturated heterocycles. The molecule has 0 saturated carbocycles. The van der Waals surface area contributed by atoms with Gasteiger partial charge in [0, 0.05) is 42.8 Å². The van der Waals surface area contributed by atoms with Crippen molar-refractivity contribution in [3.63, 3.8) is 0 Å². The van der Waals surface area contributed by atoms with E-state index in [1.807, 2.05) is 0 Å². The molecule has 1 N–H and O–H groups in total. The third-order valence-corrected chi connectivity index (χ3v) is 4.94. The van der Waals surface area contributed by atoms with Gasteiger partial charge in [-0.2, -0.15) is 0 Å². The third-order valence-electron chi connectivity index (χ3n) is 4.94. The third kappa shape index (κ3) is 6.20. The Morgan fingerprint density at radius 1 is 1.18 bits per heavy atom. The highest BCUT2D eigenvalue weighted by atomic mass is 19.1. The smallest absolute Gasteiger partial charge is 0.313 e. The van der Waals surface area contributed by atoms with E-state index in [1.165, 1.54) is 36.4 Å². The molecule has 1 aromatic heterocycles. The van der Waals surface area contributed by atoms with Gasteiger partial charge in [0.25, 0.3) is 0 Å². The molecule has 180 valence electrons. The van der Waals surface area contributed by atoms with Crippen molar-refractivity contribution in [3.8, 4) is 11.1 Å². The highest BCUT2D eigenvalue weighted by molar-refractivity contribution is 6.01. The number of fused-ring (bicyclic) bond motifs is 1. The predicted molar refractivity (Wildman–Crippen MR) is 133 cm³/mol. The molecular weight excluding hydrogens is 433 g/mol. The molecule has 0 bridgehead atoms. The van der Waals surface area contributed by atoms with Crippen LogP contribution >= 0.6 is 0 Å². The van der Waals surface area contributed by atoms with Gasteiger partial charge in [-0.1, -0.05) is 36.4 Å². The van der Waals surface area contributed by atoms with Gasteiger partial charge in [-0.05, 0) is 64.3 Å². The number of benzene rings is 2. The van der Waals surface area contributed by atoms with Gasteiger partial charge in [0.15, 0.2) is 0 Å². The second-order valence-electron chi connectivity index (χ2n) is 8.90. The number of aliphatic hydroxyl groups is 1. The van der Waals surface area contributed by atoms with Crippen LogP contribution in [-0.2, 0) is 14.3 Å². The fourth-order valence-corrected chi connectivity index (χ4v) is 3.69. The van der Waals surface area contributed by atoms with E-state index in [0.29, 0.717) is 16.5 Å². The van der Waals surface area contributed by atoms with Crippen LogP contribution in [0, 0.1) is 5.82 Å². The zero-order valence-corrected chi connectivity index (χ0v) is 19.3. The van der Waals surface area contributed by atoms with E-state index in [0.717, 1.165) is 10.6 Å². The first-order valence-corrected chi connectivity index (χ1v) is 10.8. The summed E-state index contributed by atoms with van der Waals surface area (Å²) >= 11 is 0. The number of ether oxygens (including phenoxy) is 1. The van der Waals surface area contributed by atoms with Gasteiger partial charge in [0.1, 0.15) is 23.6 Å². The second kappa shape index (κ2) is 10.3. The number of rotatable bonds is 8. The number of aromatic nitrogens is 1. The normalized spacial score (nSPS) is 17.1. The number of ketones is 1. The number of carbonyl (C=O) groups excluding carboxylic acids is 2. The summed E-state index contributed by atoms with van der Waals surface area (Å²) in [4.78, 5) is 24.4. The summed E-state index contributed by atoms with van der Waals surface area (Å²) in [6.07, 6.45) is -0.100. The summed E-state index contributed by atoms with van der Waals surface area (Å²) in [5.74, 6) is -1.91. The van der Waals surface area contributed by atoms with Crippen molar-refractivity contribution in [2.75, 3.05) is 0 Å². The van der Waals surface area contributed by atoms with E-state index in [-0.39, 0.29) is 11.2 Å². The molecule has 1 unspecified atom stereocenters. The van der Waals surface area contributed by atoms with Crippen molar-refractivity contribution in [2.45, 2.75) is 65.0 Å². The standard InChI is InChI=1S/C28H32FNO4/c1-18(2)30-24-9-7-6-8-23(24)27(19-10-12-20(29)13-11-19)25(30)15-14-21(31)16-22(32)17-26(33)34-28(3,4)5/h6-15,18,21,31H,16-17H2,1-5H3/b15-14+/i1D3,2D3,18D. The molecule has 0 aliphatic carbocycles.